The molecule has 0 fully saturated rings. The fraction of sp³-hybridized carbons (Fsp3) is 0. The number of Topliss-reactive ketones (excluding diaryl/α,β-unsaturated/α-hetero) is 1. The molecular weight excluding hydrogens is 203 g/mol. The average molecular weight is 205 g/mol. The molecule has 0 N–H and O–H groups in total. The summed E-state index contributed by atoms with van der Waals surface area (Å²) in [6, 6.07) is 0. The van der Waals surface area contributed by atoms with E-state index < -0.39 is 17.4 Å². The number of ketones is 2. The Labute approximate surface area is 64.5 Å². The maximum atomic E-state index is 12.3. The van der Waals surface area contributed by atoms with Crippen molar-refractivity contribution in [1.82, 2.24) is 0 Å². The Hall–Kier alpha value is -0.770. The first-order chi connectivity index (χ1) is 4.61. The average Bonchev–Trinajstić information content (AvgIpc) is 1.82. The van der Waals surface area contributed by atoms with Crippen LogP contribution in [0.4, 0.5) is 4.39 Å². The number of carbonyl (C=O) groups is 2. The smallest absolute Gasteiger partial charge is 0.228 e. The van der Waals surface area contributed by atoms with E-state index in [0.717, 1.165) is 6.08 Å². The number of halogens is 2. The molecule has 0 aromatic carbocycles. The van der Waals surface area contributed by atoms with E-state index in [9.17, 15) is 14.0 Å². The number of hydrogen-bond acceptors (Lipinski definition) is 2. The van der Waals surface area contributed by atoms with Crippen LogP contribution in [0.3, 0.4) is 0 Å². The Morgan fingerprint density at radius 2 is 1.90 bits per heavy atom. The second kappa shape index (κ2) is 2.46. The van der Waals surface area contributed by atoms with Crippen molar-refractivity contribution in [3.63, 3.8) is 0 Å². The molecule has 0 heterocycles. The van der Waals surface area contributed by atoms with Crippen molar-refractivity contribution in [2.75, 3.05) is 0 Å². The second-order valence-corrected chi connectivity index (χ2v) is 2.57. The van der Waals surface area contributed by atoms with Crippen LogP contribution in [0.5, 0.6) is 0 Å². The third-order valence-corrected chi connectivity index (χ3v) is 1.56. The SMILES string of the molecule is O=C1C=C(F)C(=O)C(Br)=C1. The Morgan fingerprint density at radius 3 is 2.40 bits per heavy atom. The topological polar surface area (TPSA) is 34.1 Å². The zero-order valence-corrected chi connectivity index (χ0v) is 6.31. The van der Waals surface area contributed by atoms with Gasteiger partial charge in [0.25, 0.3) is 0 Å². The van der Waals surface area contributed by atoms with Crippen molar-refractivity contribution >= 4 is 27.5 Å². The molecule has 0 bridgehead atoms. The van der Waals surface area contributed by atoms with Gasteiger partial charge < -0.3 is 0 Å². The van der Waals surface area contributed by atoms with Crippen LogP contribution in [0.25, 0.3) is 0 Å². The van der Waals surface area contributed by atoms with Gasteiger partial charge in [-0.15, -0.1) is 0 Å². The first-order valence-corrected chi connectivity index (χ1v) is 3.23. The minimum Gasteiger partial charge on any atom is -0.290 e. The minimum atomic E-state index is -1.01. The van der Waals surface area contributed by atoms with Crippen molar-refractivity contribution in [3.05, 3.63) is 22.5 Å². The summed E-state index contributed by atoms with van der Waals surface area (Å²) in [7, 11) is 0. The summed E-state index contributed by atoms with van der Waals surface area (Å²) in [6.07, 6.45) is 1.69. The van der Waals surface area contributed by atoms with E-state index in [1.165, 1.54) is 0 Å². The lowest BCUT2D eigenvalue weighted by Gasteiger charge is -1.99. The quantitative estimate of drug-likeness (QED) is 0.558. The molecule has 0 atom stereocenters. The Balaban J connectivity index is 3.05. The molecule has 0 aromatic rings. The number of carbonyl (C=O) groups excluding carboxylic acids is 2. The molecule has 0 radical (unpaired) electrons. The molecule has 10 heavy (non-hydrogen) atoms. The molecule has 0 aliphatic heterocycles. The van der Waals surface area contributed by atoms with Gasteiger partial charge in [0.15, 0.2) is 11.6 Å². The molecule has 0 saturated heterocycles. The number of allylic oxidation sites excluding steroid dienone is 4. The van der Waals surface area contributed by atoms with Crippen molar-refractivity contribution in [3.8, 4) is 0 Å². The molecule has 1 aliphatic rings. The highest BCUT2D eigenvalue weighted by molar-refractivity contribution is 9.12. The summed E-state index contributed by atoms with van der Waals surface area (Å²) in [5.74, 6) is -2.30. The zero-order valence-electron chi connectivity index (χ0n) is 4.73. The van der Waals surface area contributed by atoms with Gasteiger partial charge in [-0.05, 0) is 15.9 Å². The normalized spacial score (nSPS) is 18.6. The van der Waals surface area contributed by atoms with E-state index in [1.54, 1.807) is 0 Å². The third-order valence-electron chi connectivity index (χ3n) is 0.972. The van der Waals surface area contributed by atoms with Gasteiger partial charge in [-0.2, -0.15) is 0 Å². The largest absolute Gasteiger partial charge is 0.290 e. The van der Waals surface area contributed by atoms with Gasteiger partial charge in [-0.25, -0.2) is 4.39 Å². The lowest BCUT2D eigenvalue weighted by molar-refractivity contribution is -0.115. The second-order valence-electron chi connectivity index (χ2n) is 1.72. The molecule has 0 spiro atoms. The van der Waals surface area contributed by atoms with E-state index in [0.29, 0.717) is 6.08 Å². The molecule has 0 saturated carbocycles. The van der Waals surface area contributed by atoms with Gasteiger partial charge in [-0.1, -0.05) is 0 Å². The van der Waals surface area contributed by atoms with Crippen LogP contribution in [0.2, 0.25) is 0 Å². The molecule has 0 amide bonds. The van der Waals surface area contributed by atoms with Crippen LogP contribution >= 0.6 is 15.9 Å². The maximum Gasteiger partial charge on any atom is 0.228 e. The van der Waals surface area contributed by atoms with E-state index in [2.05, 4.69) is 15.9 Å². The molecule has 1 aliphatic carbocycles. The zero-order chi connectivity index (χ0) is 7.72. The van der Waals surface area contributed by atoms with Gasteiger partial charge in [0.1, 0.15) is 0 Å². The molecule has 52 valence electrons. The highest BCUT2D eigenvalue weighted by atomic mass is 79.9. The summed E-state index contributed by atoms with van der Waals surface area (Å²) >= 11 is 2.74. The van der Waals surface area contributed by atoms with Gasteiger partial charge in [0.2, 0.25) is 5.78 Å². The van der Waals surface area contributed by atoms with Gasteiger partial charge >= 0.3 is 0 Å². The van der Waals surface area contributed by atoms with Gasteiger partial charge in [-0.3, -0.25) is 9.59 Å². The third kappa shape index (κ3) is 1.21. The van der Waals surface area contributed by atoms with E-state index in [-0.39, 0.29) is 4.48 Å². The van der Waals surface area contributed by atoms with Crippen molar-refractivity contribution in [2.24, 2.45) is 0 Å². The maximum absolute atomic E-state index is 12.3. The Kier molecular flexibility index (Phi) is 1.80. The highest BCUT2D eigenvalue weighted by Gasteiger charge is 2.18. The predicted molar refractivity (Wildman–Crippen MR) is 36.2 cm³/mol. The lowest BCUT2D eigenvalue weighted by atomic mass is 10.1. The summed E-state index contributed by atoms with van der Waals surface area (Å²) in [5, 5.41) is 0. The van der Waals surface area contributed by atoms with E-state index in [1.807, 2.05) is 0 Å². The summed E-state index contributed by atoms with van der Waals surface area (Å²) < 4.78 is 12.3. The van der Waals surface area contributed by atoms with Gasteiger partial charge in [0.05, 0.1) is 4.48 Å². The summed E-state index contributed by atoms with van der Waals surface area (Å²) in [6.45, 7) is 0. The van der Waals surface area contributed by atoms with E-state index >= 15 is 0 Å². The highest BCUT2D eigenvalue weighted by Crippen LogP contribution is 2.17. The number of hydrogen-bond donors (Lipinski definition) is 0. The van der Waals surface area contributed by atoms with Gasteiger partial charge in [0, 0.05) is 12.2 Å². The summed E-state index contributed by atoms with van der Waals surface area (Å²) in [4.78, 5) is 21.0. The molecular formula is C6H2BrFO2. The van der Waals surface area contributed by atoms with Crippen LogP contribution in [0.15, 0.2) is 22.5 Å². The van der Waals surface area contributed by atoms with Crippen LogP contribution < -0.4 is 0 Å². The van der Waals surface area contributed by atoms with E-state index in [4.69, 9.17) is 0 Å². The minimum absolute atomic E-state index is 0.0301. The predicted octanol–water partition coefficient (Wildman–Crippen LogP) is 1.27. The molecule has 0 unspecified atom stereocenters. The summed E-state index contributed by atoms with van der Waals surface area (Å²) in [5.41, 5.74) is 0. The first kappa shape index (κ1) is 7.34. The fourth-order valence-corrected chi connectivity index (χ4v) is 0.952. The lowest BCUT2D eigenvalue weighted by Crippen LogP contribution is -2.07. The molecule has 0 aromatic heterocycles. The molecule has 4 heteroatoms. The number of rotatable bonds is 0. The Morgan fingerprint density at radius 1 is 1.30 bits per heavy atom. The van der Waals surface area contributed by atoms with Crippen LogP contribution in [-0.2, 0) is 9.59 Å². The van der Waals surface area contributed by atoms with Crippen molar-refractivity contribution < 1.29 is 14.0 Å². The van der Waals surface area contributed by atoms with Crippen molar-refractivity contribution in [1.29, 1.82) is 0 Å². The first-order valence-electron chi connectivity index (χ1n) is 2.44. The van der Waals surface area contributed by atoms with Crippen LogP contribution in [0, 0.1) is 0 Å². The van der Waals surface area contributed by atoms with Crippen molar-refractivity contribution in [2.45, 2.75) is 0 Å². The van der Waals surface area contributed by atoms with Crippen LogP contribution in [0.1, 0.15) is 0 Å². The standard InChI is InChI=1S/C6H2BrFO2/c7-4-1-3(9)2-5(8)6(4)10/h1-2H. The molecule has 2 nitrogen and oxygen atoms in total. The fourth-order valence-electron chi connectivity index (χ4n) is 0.537. The van der Waals surface area contributed by atoms with Crippen LogP contribution in [-0.4, -0.2) is 11.6 Å². The molecule has 1 rings (SSSR count). The Bertz CT molecular complexity index is 241. The monoisotopic (exact) mass is 204 g/mol.